The Kier molecular flexibility index (Phi) is 5.57. The van der Waals surface area contributed by atoms with E-state index in [1.165, 1.54) is 11.5 Å². The lowest BCUT2D eigenvalue weighted by molar-refractivity contribution is -0.117. The molecule has 1 fully saturated rings. The fourth-order valence-electron chi connectivity index (χ4n) is 3.24. The molecule has 3 heterocycles. The molecule has 9 heteroatoms. The van der Waals surface area contributed by atoms with Crippen molar-refractivity contribution in [3.63, 3.8) is 0 Å². The second-order valence-electron chi connectivity index (χ2n) is 6.85. The number of carbonyl (C=O) groups is 2. The Morgan fingerprint density at radius 1 is 1.07 bits per heavy atom. The maximum absolute atomic E-state index is 12.6. The predicted molar refractivity (Wildman–Crippen MR) is 114 cm³/mol. The number of aromatic nitrogens is 2. The van der Waals surface area contributed by atoms with Crippen molar-refractivity contribution in [1.29, 1.82) is 0 Å². The third-order valence-electron chi connectivity index (χ3n) is 4.87. The highest BCUT2D eigenvalue weighted by Crippen LogP contribution is 2.29. The van der Waals surface area contributed by atoms with Gasteiger partial charge in [-0.15, -0.1) is 0 Å². The van der Waals surface area contributed by atoms with E-state index in [1.807, 2.05) is 12.1 Å². The molecule has 0 aliphatic carbocycles. The molecule has 29 heavy (non-hydrogen) atoms. The molecule has 1 aliphatic rings. The van der Waals surface area contributed by atoms with Crippen molar-refractivity contribution in [2.24, 2.45) is 0 Å². The van der Waals surface area contributed by atoms with Gasteiger partial charge in [0.2, 0.25) is 5.91 Å². The molecule has 150 valence electrons. The molecule has 3 aromatic rings. The number of rotatable bonds is 4. The molecule has 0 unspecified atom stereocenters. The van der Waals surface area contributed by atoms with Gasteiger partial charge in [-0.1, -0.05) is 18.2 Å². The van der Waals surface area contributed by atoms with Gasteiger partial charge in [-0.3, -0.25) is 4.79 Å². The van der Waals surface area contributed by atoms with Crippen molar-refractivity contribution in [3.05, 3.63) is 48.7 Å². The van der Waals surface area contributed by atoms with E-state index in [1.54, 1.807) is 36.2 Å². The molecule has 1 aliphatic heterocycles. The molecule has 1 atom stereocenters. The van der Waals surface area contributed by atoms with E-state index in [2.05, 4.69) is 37.0 Å². The standard InChI is InChI=1S/C20H22N6O2S/c1-14(19(27)23-17-8-4-5-9-21-17)22-20(28)26-12-10-25(11-13-26)18-15-6-2-3-7-16(15)29-24-18/h2-9,14H,10-13H2,1H3,(H,22,28)(H,21,23,27)/t14-/m0/s1. The first kappa shape index (κ1) is 19.1. The summed E-state index contributed by atoms with van der Waals surface area (Å²) >= 11 is 1.49. The number of hydrogen-bond acceptors (Lipinski definition) is 6. The van der Waals surface area contributed by atoms with Gasteiger partial charge in [-0.05, 0) is 42.7 Å². The van der Waals surface area contributed by atoms with Crippen LogP contribution in [0.25, 0.3) is 10.1 Å². The summed E-state index contributed by atoms with van der Waals surface area (Å²) in [4.78, 5) is 32.8. The van der Waals surface area contributed by atoms with Crippen LogP contribution in [-0.2, 0) is 4.79 Å². The Hall–Kier alpha value is -3.20. The summed E-state index contributed by atoms with van der Waals surface area (Å²) in [6, 6.07) is 12.5. The minimum atomic E-state index is -0.662. The molecule has 0 bridgehead atoms. The number of anilines is 2. The van der Waals surface area contributed by atoms with Crippen LogP contribution in [-0.4, -0.2) is 58.4 Å². The maximum atomic E-state index is 12.6. The van der Waals surface area contributed by atoms with Crippen LogP contribution in [0.2, 0.25) is 0 Å². The van der Waals surface area contributed by atoms with Gasteiger partial charge in [-0.2, -0.15) is 4.37 Å². The van der Waals surface area contributed by atoms with Crippen LogP contribution in [0.4, 0.5) is 16.4 Å². The van der Waals surface area contributed by atoms with Crippen molar-refractivity contribution < 1.29 is 9.59 Å². The Bertz CT molecular complexity index is 1000. The summed E-state index contributed by atoms with van der Waals surface area (Å²) in [5, 5.41) is 6.61. The van der Waals surface area contributed by atoms with Gasteiger partial charge in [0, 0.05) is 37.8 Å². The van der Waals surface area contributed by atoms with E-state index >= 15 is 0 Å². The highest BCUT2D eigenvalue weighted by atomic mass is 32.1. The van der Waals surface area contributed by atoms with E-state index in [4.69, 9.17) is 0 Å². The molecule has 8 nitrogen and oxygen atoms in total. The largest absolute Gasteiger partial charge is 0.352 e. The van der Waals surface area contributed by atoms with Crippen molar-refractivity contribution in [1.82, 2.24) is 19.6 Å². The van der Waals surface area contributed by atoms with Crippen molar-refractivity contribution in [2.75, 3.05) is 36.4 Å². The lowest BCUT2D eigenvalue weighted by Crippen LogP contribution is -2.54. The summed E-state index contributed by atoms with van der Waals surface area (Å²) in [5.41, 5.74) is 0. The topological polar surface area (TPSA) is 90.5 Å². The fourth-order valence-corrected chi connectivity index (χ4v) is 4.03. The molecule has 2 N–H and O–H groups in total. The van der Waals surface area contributed by atoms with Crippen LogP contribution in [0.1, 0.15) is 6.92 Å². The first-order valence-electron chi connectivity index (χ1n) is 9.48. The highest BCUT2D eigenvalue weighted by molar-refractivity contribution is 7.13. The molecule has 3 amide bonds. The van der Waals surface area contributed by atoms with Crippen LogP contribution in [0, 0.1) is 0 Å². The summed E-state index contributed by atoms with van der Waals surface area (Å²) in [6.45, 7) is 4.22. The van der Waals surface area contributed by atoms with Crippen molar-refractivity contribution in [2.45, 2.75) is 13.0 Å². The van der Waals surface area contributed by atoms with E-state index in [-0.39, 0.29) is 11.9 Å². The number of amides is 3. The number of urea groups is 1. The van der Waals surface area contributed by atoms with Crippen LogP contribution in [0.5, 0.6) is 0 Å². The highest BCUT2D eigenvalue weighted by Gasteiger charge is 2.25. The third-order valence-corrected chi connectivity index (χ3v) is 5.69. The Morgan fingerprint density at radius 3 is 2.59 bits per heavy atom. The molecule has 2 aromatic heterocycles. The van der Waals surface area contributed by atoms with Gasteiger partial charge in [0.05, 0.1) is 4.70 Å². The zero-order chi connectivity index (χ0) is 20.2. The summed E-state index contributed by atoms with van der Waals surface area (Å²) in [5.74, 6) is 1.14. The van der Waals surface area contributed by atoms with Gasteiger partial charge in [0.25, 0.3) is 0 Å². The molecule has 0 saturated carbocycles. The van der Waals surface area contributed by atoms with Crippen LogP contribution in [0.15, 0.2) is 48.7 Å². The summed E-state index contributed by atoms with van der Waals surface area (Å²) in [6.07, 6.45) is 1.60. The number of piperazine rings is 1. The van der Waals surface area contributed by atoms with Gasteiger partial charge >= 0.3 is 6.03 Å². The quantitative estimate of drug-likeness (QED) is 0.690. The second-order valence-corrected chi connectivity index (χ2v) is 7.66. The summed E-state index contributed by atoms with van der Waals surface area (Å²) in [7, 11) is 0. The van der Waals surface area contributed by atoms with Crippen molar-refractivity contribution in [3.8, 4) is 0 Å². The summed E-state index contributed by atoms with van der Waals surface area (Å²) < 4.78 is 5.75. The number of carbonyl (C=O) groups excluding carboxylic acids is 2. The molecule has 1 saturated heterocycles. The minimum absolute atomic E-state index is 0.239. The molecule has 1 aromatic carbocycles. The average Bonchev–Trinajstić information content (AvgIpc) is 3.18. The van der Waals surface area contributed by atoms with Crippen LogP contribution >= 0.6 is 11.5 Å². The minimum Gasteiger partial charge on any atom is -0.352 e. The number of nitrogens with one attached hydrogen (secondary N) is 2. The Morgan fingerprint density at radius 2 is 1.83 bits per heavy atom. The predicted octanol–water partition coefficient (Wildman–Crippen LogP) is 2.55. The first-order valence-corrected chi connectivity index (χ1v) is 10.3. The SMILES string of the molecule is C[C@H](NC(=O)N1CCN(c2nsc3ccccc23)CC1)C(=O)Nc1ccccn1. The third kappa shape index (κ3) is 4.29. The van der Waals surface area contributed by atoms with Crippen LogP contribution in [0.3, 0.4) is 0 Å². The second kappa shape index (κ2) is 8.44. The van der Waals surface area contributed by atoms with E-state index < -0.39 is 6.04 Å². The molecule has 4 rings (SSSR count). The maximum Gasteiger partial charge on any atom is 0.318 e. The molecular formula is C20H22N6O2S. The lowest BCUT2D eigenvalue weighted by atomic mass is 10.2. The lowest BCUT2D eigenvalue weighted by Gasteiger charge is -2.35. The Balaban J connectivity index is 1.30. The van der Waals surface area contributed by atoms with Crippen molar-refractivity contribution >= 4 is 45.2 Å². The zero-order valence-electron chi connectivity index (χ0n) is 16.0. The molecule has 0 radical (unpaired) electrons. The normalized spacial score (nSPS) is 15.2. The monoisotopic (exact) mass is 410 g/mol. The van der Waals surface area contributed by atoms with Gasteiger partial charge < -0.3 is 20.4 Å². The van der Waals surface area contributed by atoms with E-state index in [0.717, 1.165) is 15.9 Å². The van der Waals surface area contributed by atoms with E-state index in [0.29, 0.717) is 32.0 Å². The number of fused-ring (bicyclic) bond motifs is 1. The Labute approximate surface area is 172 Å². The number of nitrogens with zero attached hydrogens (tertiary/aromatic N) is 4. The average molecular weight is 411 g/mol. The number of benzene rings is 1. The smallest absolute Gasteiger partial charge is 0.318 e. The molecular weight excluding hydrogens is 388 g/mol. The number of hydrogen-bond donors (Lipinski definition) is 2. The first-order chi connectivity index (χ1) is 14.1. The molecule has 0 spiro atoms. The van der Waals surface area contributed by atoms with E-state index in [9.17, 15) is 9.59 Å². The van der Waals surface area contributed by atoms with Gasteiger partial charge in [-0.25, -0.2) is 9.78 Å². The van der Waals surface area contributed by atoms with Crippen LogP contribution < -0.4 is 15.5 Å². The fraction of sp³-hybridized carbons (Fsp3) is 0.300. The number of pyridine rings is 1. The van der Waals surface area contributed by atoms with Gasteiger partial charge in [0.1, 0.15) is 17.7 Å². The van der Waals surface area contributed by atoms with Gasteiger partial charge in [0.15, 0.2) is 0 Å². The zero-order valence-corrected chi connectivity index (χ0v) is 16.9.